The number of rotatable bonds is 8. The number of fused-ring (bicyclic) bond motifs is 1. The molecule has 0 unspecified atom stereocenters. The van der Waals surface area contributed by atoms with Crippen molar-refractivity contribution in [2.24, 2.45) is 0 Å². The summed E-state index contributed by atoms with van der Waals surface area (Å²) in [5.74, 6) is 0.538. The smallest absolute Gasteiger partial charge is 0.234 e. The summed E-state index contributed by atoms with van der Waals surface area (Å²) in [6.07, 6.45) is 4.06. The monoisotopic (exact) mass is 319 g/mol. The molecule has 0 aliphatic heterocycles. The minimum Gasteiger partial charge on any atom is -0.346 e. The number of hydrogen-bond donors (Lipinski definition) is 1. The van der Waals surface area contributed by atoms with Gasteiger partial charge in [-0.3, -0.25) is 4.79 Å². The van der Waals surface area contributed by atoms with Gasteiger partial charge in [0.15, 0.2) is 0 Å². The van der Waals surface area contributed by atoms with Crippen LogP contribution in [0.1, 0.15) is 13.8 Å². The number of thioether (sulfide) groups is 1. The number of nitrogens with zero attached hydrogens (tertiary/aromatic N) is 2. The van der Waals surface area contributed by atoms with E-state index in [-0.39, 0.29) is 5.91 Å². The lowest BCUT2D eigenvalue weighted by Gasteiger charge is -2.18. The summed E-state index contributed by atoms with van der Waals surface area (Å²) in [6.45, 7) is 8.61. The van der Waals surface area contributed by atoms with Crippen LogP contribution in [-0.4, -0.2) is 47.0 Å². The fourth-order valence-electron chi connectivity index (χ4n) is 2.59. The number of hydrogen-bond acceptors (Lipinski definition) is 3. The minimum absolute atomic E-state index is 0.0489. The van der Waals surface area contributed by atoms with Gasteiger partial charge >= 0.3 is 0 Å². The minimum atomic E-state index is 0.0489. The number of carbonyl (C=O) groups is 1. The van der Waals surface area contributed by atoms with E-state index in [2.05, 4.69) is 47.0 Å². The number of nitrogens with one attached hydrogen (secondary N) is 1. The topological polar surface area (TPSA) is 37.3 Å². The number of benzene rings is 1. The molecule has 0 atom stereocenters. The Bertz CT molecular complexity index is 619. The maximum Gasteiger partial charge on any atom is 0.234 e. The molecular weight excluding hydrogens is 294 g/mol. The quantitative estimate of drug-likeness (QED) is 0.811. The third-order valence-electron chi connectivity index (χ3n) is 3.88. The number of aromatic nitrogens is 1. The average Bonchev–Trinajstić information content (AvgIpc) is 2.91. The SMILES string of the molecule is CCN(CC)CCn1ccc2cc(NC(=O)CSC)ccc21. The van der Waals surface area contributed by atoms with Crippen LogP contribution in [0, 0.1) is 0 Å². The molecule has 1 amide bonds. The highest BCUT2D eigenvalue weighted by Crippen LogP contribution is 2.20. The number of carbonyl (C=O) groups excluding carboxylic acids is 1. The number of amides is 1. The largest absolute Gasteiger partial charge is 0.346 e. The van der Waals surface area contributed by atoms with Crippen LogP contribution >= 0.6 is 11.8 Å². The fraction of sp³-hybridized carbons (Fsp3) is 0.471. The van der Waals surface area contributed by atoms with Crippen LogP contribution < -0.4 is 5.32 Å². The van der Waals surface area contributed by atoms with Gasteiger partial charge in [0.05, 0.1) is 5.75 Å². The second-order valence-corrected chi connectivity index (χ2v) is 6.16. The first-order chi connectivity index (χ1) is 10.7. The zero-order valence-corrected chi connectivity index (χ0v) is 14.4. The predicted molar refractivity (Wildman–Crippen MR) is 96.7 cm³/mol. The van der Waals surface area contributed by atoms with Crippen LogP contribution in [0.2, 0.25) is 0 Å². The summed E-state index contributed by atoms with van der Waals surface area (Å²) >= 11 is 1.53. The highest BCUT2D eigenvalue weighted by molar-refractivity contribution is 7.99. The Morgan fingerprint density at radius 2 is 2.05 bits per heavy atom. The van der Waals surface area contributed by atoms with E-state index in [1.807, 2.05) is 18.4 Å². The first-order valence-electron chi connectivity index (χ1n) is 7.78. The fourth-order valence-corrected chi connectivity index (χ4v) is 2.92. The number of anilines is 1. The summed E-state index contributed by atoms with van der Waals surface area (Å²) < 4.78 is 2.28. The van der Waals surface area contributed by atoms with E-state index in [0.717, 1.165) is 31.9 Å². The van der Waals surface area contributed by atoms with E-state index in [9.17, 15) is 4.79 Å². The molecular formula is C17H25N3OS. The van der Waals surface area contributed by atoms with Crippen molar-refractivity contribution in [3.05, 3.63) is 30.5 Å². The summed E-state index contributed by atoms with van der Waals surface area (Å²) in [5, 5.41) is 4.10. The second kappa shape index (κ2) is 8.25. The first-order valence-corrected chi connectivity index (χ1v) is 9.17. The molecule has 0 aliphatic carbocycles. The maximum atomic E-state index is 11.7. The Balaban J connectivity index is 2.08. The van der Waals surface area contributed by atoms with Crippen molar-refractivity contribution in [3.63, 3.8) is 0 Å². The molecule has 1 aromatic carbocycles. The van der Waals surface area contributed by atoms with Crippen LogP contribution in [0.25, 0.3) is 10.9 Å². The van der Waals surface area contributed by atoms with E-state index in [1.165, 1.54) is 22.7 Å². The Labute approximate surface area is 136 Å². The summed E-state index contributed by atoms with van der Waals surface area (Å²) in [4.78, 5) is 14.1. The van der Waals surface area contributed by atoms with Gasteiger partial charge in [0.25, 0.3) is 0 Å². The molecule has 0 aliphatic rings. The van der Waals surface area contributed by atoms with Gasteiger partial charge in [-0.15, -0.1) is 0 Å². The molecule has 0 spiro atoms. The van der Waals surface area contributed by atoms with Crippen molar-refractivity contribution in [2.75, 3.05) is 37.0 Å². The van der Waals surface area contributed by atoms with Gasteiger partial charge in [-0.1, -0.05) is 13.8 Å². The maximum absolute atomic E-state index is 11.7. The zero-order chi connectivity index (χ0) is 15.9. The highest BCUT2D eigenvalue weighted by Gasteiger charge is 2.06. The van der Waals surface area contributed by atoms with Crippen LogP contribution in [-0.2, 0) is 11.3 Å². The van der Waals surface area contributed by atoms with Crippen LogP contribution in [0.5, 0.6) is 0 Å². The lowest BCUT2D eigenvalue weighted by Crippen LogP contribution is -2.26. The molecule has 22 heavy (non-hydrogen) atoms. The Morgan fingerprint density at radius 3 is 2.73 bits per heavy atom. The van der Waals surface area contributed by atoms with Gasteiger partial charge in [-0.2, -0.15) is 11.8 Å². The summed E-state index contributed by atoms with van der Waals surface area (Å²) in [5.41, 5.74) is 2.09. The lowest BCUT2D eigenvalue weighted by atomic mass is 10.2. The molecule has 0 radical (unpaired) electrons. The molecule has 0 saturated heterocycles. The van der Waals surface area contributed by atoms with Gasteiger partial charge in [0.1, 0.15) is 0 Å². The normalized spacial score (nSPS) is 11.3. The van der Waals surface area contributed by atoms with Crippen molar-refractivity contribution in [2.45, 2.75) is 20.4 Å². The highest BCUT2D eigenvalue weighted by atomic mass is 32.2. The Morgan fingerprint density at radius 1 is 1.27 bits per heavy atom. The molecule has 2 aromatic rings. The molecule has 1 aromatic heterocycles. The molecule has 2 rings (SSSR count). The van der Waals surface area contributed by atoms with Crippen LogP contribution in [0.4, 0.5) is 5.69 Å². The van der Waals surface area contributed by atoms with E-state index < -0.39 is 0 Å². The van der Waals surface area contributed by atoms with E-state index >= 15 is 0 Å². The third-order valence-corrected chi connectivity index (χ3v) is 4.43. The van der Waals surface area contributed by atoms with Crippen molar-refractivity contribution >= 4 is 34.3 Å². The summed E-state index contributed by atoms with van der Waals surface area (Å²) in [6, 6.07) is 8.23. The standard InChI is InChI=1S/C17H25N3OS/c1-4-19(5-2)10-11-20-9-8-14-12-15(6-7-16(14)20)18-17(21)13-22-3/h6-9,12H,4-5,10-11,13H2,1-3H3,(H,18,21). The third kappa shape index (κ3) is 4.27. The van der Waals surface area contributed by atoms with Gasteiger partial charge in [-0.25, -0.2) is 0 Å². The molecule has 0 saturated carbocycles. The molecule has 4 nitrogen and oxygen atoms in total. The Hall–Kier alpha value is -1.46. The van der Waals surface area contributed by atoms with E-state index in [0.29, 0.717) is 5.75 Å². The van der Waals surface area contributed by atoms with Gasteiger partial charge in [0.2, 0.25) is 5.91 Å². The summed E-state index contributed by atoms with van der Waals surface area (Å²) in [7, 11) is 0. The van der Waals surface area contributed by atoms with Crippen molar-refractivity contribution in [1.82, 2.24) is 9.47 Å². The average molecular weight is 319 g/mol. The molecule has 0 bridgehead atoms. The zero-order valence-electron chi connectivity index (χ0n) is 13.6. The van der Waals surface area contributed by atoms with Crippen LogP contribution in [0.3, 0.4) is 0 Å². The predicted octanol–water partition coefficient (Wildman–Crippen LogP) is 3.28. The second-order valence-electron chi connectivity index (χ2n) is 5.29. The van der Waals surface area contributed by atoms with Gasteiger partial charge in [-0.05, 0) is 43.6 Å². The molecule has 1 N–H and O–H groups in total. The van der Waals surface area contributed by atoms with Gasteiger partial charge in [0, 0.05) is 35.9 Å². The lowest BCUT2D eigenvalue weighted by molar-refractivity contribution is -0.113. The van der Waals surface area contributed by atoms with E-state index in [1.54, 1.807) is 0 Å². The van der Waals surface area contributed by atoms with Gasteiger partial charge < -0.3 is 14.8 Å². The van der Waals surface area contributed by atoms with E-state index in [4.69, 9.17) is 0 Å². The van der Waals surface area contributed by atoms with Crippen molar-refractivity contribution in [1.29, 1.82) is 0 Å². The molecule has 120 valence electrons. The molecule has 5 heteroatoms. The molecule has 1 heterocycles. The van der Waals surface area contributed by atoms with Crippen LogP contribution in [0.15, 0.2) is 30.5 Å². The Kier molecular flexibility index (Phi) is 6.34. The van der Waals surface area contributed by atoms with Crippen molar-refractivity contribution in [3.8, 4) is 0 Å². The number of likely N-dealkylation sites (N-methyl/N-ethyl adjacent to an activating group) is 1. The molecule has 0 fully saturated rings. The first kappa shape index (κ1) is 16.9. The van der Waals surface area contributed by atoms with Crippen molar-refractivity contribution < 1.29 is 4.79 Å².